The van der Waals surface area contributed by atoms with Gasteiger partial charge in [-0.1, -0.05) is 33.8 Å². The molecule has 2 saturated heterocycles. The van der Waals surface area contributed by atoms with E-state index < -0.39 is 0 Å². The van der Waals surface area contributed by atoms with Gasteiger partial charge in [0.1, 0.15) is 12.0 Å². The molecule has 2 fully saturated rings. The van der Waals surface area contributed by atoms with Crippen molar-refractivity contribution in [2.24, 2.45) is 17.8 Å². The third-order valence-corrected chi connectivity index (χ3v) is 6.20. The van der Waals surface area contributed by atoms with E-state index in [1.165, 1.54) is 0 Å². The smallest absolute Gasteiger partial charge is 0.184 e. The van der Waals surface area contributed by atoms with Crippen molar-refractivity contribution < 1.29 is 9.59 Å². The number of nitrogens with zero attached hydrogens (tertiary/aromatic N) is 2. The maximum Gasteiger partial charge on any atom is 0.184 e. The van der Waals surface area contributed by atoms with E-state index in [4.69, 9.17) is 0 Å². The van der Waals surface area contributed by atoms with Crippen LogP contribution < -0.4 is 5.32 Å². The molecule has 0 aromatic rings. The number of rotatable bonds is 9. The minimum absolute atomic E-state index is 0.0133. The van der Waals surface area contributed by atoms with E-state index in [0.717, 1.165) is 76.1 Å². The lowest BCUT2D eigenvalue weighted by molar-refractivity contribution is -0.123. The summed E-state index contributed by atoms with van der Waals surface area (Å²) in [5, 5.41) is 3.38. The first-order valence-corrected chi connectivity index (χ1v) is 10.6. The Morgan fingerprint density at radius 2 is 1.89 bits per heavy atom. The Labute approximate surface area is 164 Å². The SMILES string of the molecule is C=C/C(=C(\C(=O)C(CC)C(C)CC)N1CCCC(C=O)C1)N1CCNCC1. The van der Waals surface area contributed by atoms with Crippen LogP contribution in [0, 0.1) is 17.8 Å². The summed E-state index contributed by atoms with van der Waals surface area (Å²) in [6, 6.07) is 0. The van der Waals surface area contributed by atoms with Crippen molar-refractivity contribution in [1.82, 2.24) is 15.1 Å². The third kappa shape index (κ3) is 5.22. The molecule has 5 heteroatoms. The Bertz CT molecular complexity index is 552. The van der Waals surface area contributed by atoms with Gasteiger partial charge in [0.05, 0.1) is 5.70 Å². The Morgan fingerprint density at radius 3 is 2.44 bits per heavy atom. The monoisotopic (exact) mass is 375 g/mol. The van der Waals surface area contributed by atoms with Gasteiger partial charge >= 0.3 is 0 Å². The number of piperazine rings is 1. The molecule has 0 spiro atoms. The summed E-state index contributed by atoms with van der Waals surface area (Å²) in [4.78, 5) is 29.6. The summed E-state index contributed by atoms with van der Waals surface area (Å²) >= 11 is 0. The quantitative estimate of drug-likeness (QED) is 0.381. The molecular weight excluding hydrogens is 338 g/mol. The van der Waals surface area contributed by atoms with Crippen molar-refractivity contribution in [1.29, 1.82) is 0 Å². The first-order chi connectivity index (χ1) is 13.1. The van der Waals surface area contributed by atoms with Crippen LogP contribution in [0.3, 0.4) is 0 Å². The predicted molar refractivity (Wildman–Crippen MR) is 110 cm³/mol. The minimum atomic E-state index is 0.0133. The summed E-state index contributed by atoms with van der Waals surface area (Å²) in [7, 11) is 0. The molecule has 27 heavy (non-hydrogen) atoms. The van der Waals surface area contributed by atoms with Crippen molar-refractivity contribution in [2.75, 3.05) is 39.3 Å². The maximum atomic E-state index is 13.7. The average molecular weight is 376 g/mol. The number of hydrogen-bond acceptors (Lipinski definition) is 5. The Morgan fingerprint density at radius 1 is 1.19 bits per heavy atom. The highest BCUT2D eigenvalue weighted by Gasteiger charge is 2.33. The molecule has 152 valence electrons. The highest BCUT2D eigenvalue weighted by atomic mass is 16.1. The first kappa shape index (κ1) is 21.7. The maximum absolute atomic E-state index is 13.7. The molecule has 5 nitrogen and oxygen atoms in total. The number of piperidine rings is 1. The molecule has 2 rings (SSSR count). The van der Waals surface area contributed by atoms with Crippen LogP contribution in [0.2, 0.25) is 0 Å². The van der Waals surface area contributed by atoms with Crippen LogP contribution >= 0.6 is 0 Å². The predicted octanol–water partition coefficient (Wildman–Crippen LogP) is 2.84. The van der Waals surface area contributed by atoms with Gasteiger partial charge in [-0.25, -0.2) is 0 Å². The van der Waals surface area contributed by atoms with Crippen LogP contribution in [0.5, 0.6) is 0 Å². The second-order valence-electron chi connectivity index (χ2n) is 7.92. The van der Waals surface area contributed by atoms with E-state index in [1.807, 2.05) is 6.08 Å². The van der Waals surface area contributed by atoms with Gasteiger partial charge in [0.15, 0.2) is 5.78 Å². The molecule has 0 saturated carbocycles. The molecule has 0 radical (unpaired) electrons. The van der Waals surface area contributed by atoms with Gasteiger partial charge in [0, 0.05) is 51.1 Å². The summed E-state index contributed by atoms with van der Waals surface area (Å²) in [5.41, 5.74) is 1.75. The Kier molecular flexibility index (Phi) is 8.55. The van der Waals surface area contributed by atoms with Gasteiger partial charge in [-0.15, -0.1) is 0 Å². The zero-order valence-corrected chi connectivity index (χ0v) is 17.4. The molecule has 3 unspecified atom stereocenters. The fourth-order valence-electron chi connectivity index (χ4n) is 4.36. The van der Waals surface area contributed by atoms with Crippen LogP contribution in [0.25, 0.3) is 0 Å². The number of nitrogens with one attached hydrogen (secondary N) is 1. The molecule has 0 bridgehead atoms. The molecule has 2 aliphatic heterocycles. The van der Waals surface area contributed by atoms with Gasteiger partial charge < -0.3 is 19.9 Å². The van der Waals surface area contributed by atoms with E-state index in [9.17, 15) is 9.59 Å². The van der Waals surface area contributed by atoms with Crippen molar-refractivity contribution in [2.45, 2.75) is 46.5 Å². The lowest BCUT2D eigenvalue weighted by Gasteiger charge is -2.39. The van der Waals surface area contributed by atoms with Crippen molar-refractivity contribution in [3.63, 3.8) is 0 Å². The van der Waals surface area contributed by atoms with Crippen LogP contribution in [-0.2, 0) is 9.59 Å². The number of ketones is 1. The van der Waals surface area contributed by atoms with E-state index in [0.29, 0.717) is 12.5 Å². The summed E-state index contributed by atoms with van der Waals surface area (Å²) < 4.78 is 0. The largest absolute Gasteiger partial charge is 0.367 e. The zero-order chi connectivity index (χ0) is 19.8. The molecule has 2 aliphatic rings. The van der Waals surface area contributed by atoms with Crippen LogP contribution in [0.1, 0.15) is 46.5 Å². The number of carbonyl (C=O) groups is 2. The number of carbonyl (C=O) groups excluding carboxylic acids is 2. The van der Waals surface area contributed by atoms with Crippen LogP contribution in [0.15, 0.2) is 24.0 Å². The number of hydrogen-bond donors (Lipinski definition) is 1. The van der Waals surface area contributed by atoms with E-state index in [-0.39, 0.29) is 17.6 Å². The molecule has 0 amide bonds. The molecule has 0 aromatic heterocycles. The van der Waals surface area contributed by atoms with Crippen LogP contribution in [0.4, 0.5) is 0 Å². The van der Waals surface area contributed by atoms with Gasteiger partial charge in [-0.2, -0.15) is 0 Å². The third-order valence-electron chi connectivity index (χ3n) is 6.20. The lowest BCUT2D eigenvalue weighted by atomic mass is 9.83. The van der Waals surface area contributed by atoms with Gasteiger partial charge in [0.25, 0.3) is 0 Å². The van der Waals surface area contributed by atoms with Gasteiger partial charge in [-0.3, -0.25) is 4.79 Å². The second kappa shape index (κ2) is 10.6. The normalized spacial score (nSPS) is 24.0. The van der Waals surface area contributed by atoms with Crippen molar-refractivity contribution in [3.05, 3.63) is 24.0 Å². The summed E-state index contributed by atoms with van der Waals surface area (Å²) in [5.74, 6) is 0.601. The first-order valence-electron chi connectivity index (χ1n) is 10.6. The Balaban J connectivity index is 2.45. The molecule has 0 aromatic carbocycles. The standard InChI is InChI=1S/C22H37N3O2/c1-5-17(4)19(6-2)22(27)21(25-12-8-9-18(15-25)16-26)20(7-3)24-13-10-23-11-14-24/h7,16-19,23H,3,5-6,8-15H2,1-2,4H3/b21-20-. The Hall–Kier alpha value is -1.62. The summed E-state index contributed by atoms with van der Waals surface area (Å²) in [6.45, 7) is 15.6. The number of Topliss-reactive ketones (excluding diaryl/α,β-unsaturated/α-hetero) is 1. The fraction of sp³-hybridized carbons (Fsp3) is 0.727. The topological polar surface area (TPSA) is 52.7 Å². The number of likely N-dealkylation sites (tertiary alicyclic amines) is 1. The molecule has 3 atom stereocenters. The van der Waals surface area contributed by atoms with Crippen LogP contribution in [-0.4, -0.2) is 61.1 Å². The lowest BCUT2D eigenvalue weighted by Crippen LogP contribution is -2.46. The van der Waals surface area contributed by atoms with E-state index in [2.05, 4.69) is 42.5 Å². The average Bonchev–Trinajstić information content (AvgIpc) is 2.72. The highest BCUT2D eigenvalue weighted by Crippen LogP contribution is 2.30. The molecule has 0 aliphatic carbocycles. The van der Waals surface area contributed by atoms with E-state index in [1.54, 1.807) is 0 Å². The van der Waals surface area contributed by atoms with Gasteiger partial charge in [0.2, 0.25) is 0 Å². The van der Waals surface area contributed by atoms with E-state index >= 15 is 0 Å². The van der Waals surface area contributed by atoms with Gasteiger partial charge in [-0.05, 0) is 31.3 Å². The number of aldehydes is 1. The molecule has 1 N–H and O–H groups in total. The number of allylic oxidation sites excluding steroid dienone is 2. The zero-order valence-electron chi connectivity index (χ0n) is 17.4. The fourth-order valence-corrected chi connectivity index (χ4v) is 4.36. The van der Waals surface area contributed by atoms with Crippen molar-refractivity contribution >= 4 is 12.1 Å². The molecule has 2 heterocycles. The minimum Gasteiger partial charge on any atom is -0.367 e. The highest BCUT2D eigenvalue weighted by molar-refractivity contribution is 5.97. The summed E-state index contributed by atoms with van der Waals surface area (Å²) in [6.07, 6.45) is 6.61. The second-order valence-corrected chi connectivity index (χ2v) is 7.92. The molecular formula is C22H37N3O2. The van der Waals surface area contributed by atoms with Crippen molar-refractivity contribution in [3.8, 4) is 0 Å².